The number of rotatable bonds is 12. The quantitative estimate of drug-likeness (QED) is 0.113. The van der Waals surface area contributed by atoms with Crippen LogP contribution in [0.3, 0.4) is 0 Å². The molecule has 0 saturated heterocycles. The van der Waals surface area contributed by atoms with Crippen LogP contribution in [-0.2, 0) is 12.8 Å². The first-order valence-electron chi connectivity index (χ1n) is 21.7. The van der Waals surface area contributed by atoms with E-state index in [0.29, 0.717) is 11.4 Å². The SMILES string of the molecule is CCCc1cc(N(c2ccccc2F)c2ccccc2-c2ccccc2)c2ccc3c(CCC)cc(N(c4ccccc4F)c4ccccc4-c4ccccc4)c4ccc1c2c34. The fourth-order valence-electron chi connectivity index (χ4n) is 9.53. The lowest BCUT2D eigenvalue weighted by Crippen LogP contribution is -2.15. The Hall–Kier alpha value is -7.30. The van der Waals surface area contributed by atoms with Gasteiger partial charge in [0.05, 0.1) is 34.1 Å². The molecule has 0 atom stereocenters. The van der Waals surface area contributed by atoms with E-state index in [1.54, 1.807) is 24.3 Å². The number of hydrogen-bond acceptors (Lipinski definition) is 2. The molecule has 0 heterocycles. The van der Waals surface area contributed by atoms with Gasteiger partial charge in [0.1, 0.15) is 11.6 Å². The van der Waals surface area contributed by atoms with Crippen molar-refractivity contribution in [3.05, 3.63) is 217 Å². The van der Waals surface area contributed by atoms with Crippen LogP contribution in [-0.4, -0.2) is 0 Å². The van der Waals surface area contributed by atoms with E-state index in [-0.39, 0.29) is 11.6 Å². The molecule has 0 aliphatic rings. The Morgan fingerprint density at radius 2 is 0.677 bits per heavy atom. The Kier molecular flexibility index (Phi) is 10.4. The second-order valence-corrected chi connectivity index (χ2v) is 16.0. The molecular weight excluding hydrogens is 763 g/mol. The molecule has 0 radical (unpaired) electrons. The first-order valence-corrected chi connectivity index (χ1v) is 21.7. The molecule has 0 aliphatic heterocycles. The molecule has 0 aromatic heterocycles. The lowest BCUT2D eigenvalue weighted by molar-refractivity contribution is 0.628. The number of hydrogen-bond donors (Lipinski definition) is 0. The van der Waals surface area contributed by atoms with Gasteiger partial charge in [0.25, 0.3) is 0 Å². The van der Waals surface area contributed by atoms with Crippen molar-refractivity contribution in [1.29, 1.82) is 0 Å². The average molecular weight is 809 g/mol. The molecule has 10 aromatic carbocycles. The molecule has 0 unspecified atom stereocenters. The normalized spacial score (nSPS) is 11.5. The highest BCUT2D eigenvalue weighted by Gasteiger charge is 2.28. The third-order valence-electron chi connectivity index (χ3n) is 12.2. The first-order chi connectivity index (χ1) is 30.6. The Morgan fingerprint density at radius 1 is 0.339 bits per heavy atom. The standard InChI is InChI=1S/C58H46F2N2/c1-3-19-41-37-55(61(53-31-17-13-27-49(53)59)51-29-15-11-25-43(51)39-21-7-5-8-22-39)47-36-34-46-42(20-4-2)38-56(48-35-33-45(41)57(47)58(46)48)62(54-32-18-14-28-50(54)60)52-30-16-12-26-44(52)40-23-9-6-10-24-40/h5-18,21-38H,3-4,19-20H2,1-2H3. The highest BCUT2D eigenvalue weighted by molar-refractivity contribution is 6.29. The van der Waals surface area contributed by atoms with Gasteiger partial charge in [-0.3, -0.25) is 0 Å². The van der Waals surface area contributed by atoms with Gasteiger partial charge in [0.2, 0.25) is 0 Å². The summed E-state index contributed by atoms with van der Waals surface area (Å²) in [5.41, 5.74) is 11.0. The second kappa shape index (κ2) is 16.6. The maximum Gasteiger partial charge on any atom is 0.147 e. The molecular formula is C58H46F2N2. The largest absolute Gasteiger partial charge is 0.306 e. The van der Waals surface area contributed by atoms with Crippen LogP contribution in [0.1, 0.15) is 37.8 Å². The monoisotopic (exact) mass is 808 g/mol. The topological polar surface area (TPSA) is 6.48 Å². The fraction of sp³-hybridized carbons (Fsp3) is 0.103. The van der Waals surface area contributed by atoms with Crippen molar-refractivity contribution in [3.63, 3.8) is 0 Å². The van der Waals surface area contributed by atoms with Crippen LogP contribution in [0.2, 0.25) is 0 Å². The fourth-order valence-corrected chi connectivity index (χ4v) is 9.53. The van der Waals surface area contributed by atoms with Gasteiger partial charge < -0.3 is 9.80 Å². The molecule has 10 aromatic rings. The zero-order chi connectivity index (χ0) is 42.2. The van der Waals surface area contributed by atoms with Crippen molar-refractivity contribution in [3.8, 4) is 22.3 Å². The van der Waals surface area contributed by atoms with E-state index in [9.17, 15) is 0 Å². The molecule has 0 aliphatic carbocycles. The zero-order valence-electron chi connectivity index (χ0n) is 35.0. The Bertz CT molecular complexity index is 2980. The zero-order valence-corrected chi connectivity index (χ0v) is 35.0. The lowest BCUT2D eigenvalue weighted by atomic mass is 9.86. The molecule has 4 heteroatoms. The van der Waals surface area contributed by atoms with E-state index in [2.05, 4.69) is 109 Å². The first kappa shape index (κ1) is 38.9. The Labute approximate surface area is 362 Å². The molecule has 0 N–H and O–H groups in total. The van der Waals surface area contributed by atoms with Gasteiger partial charge in [-0.25, -0.2) is 8.78 Å². The van der Waals surface area contributed by atoms with E-state index in [4.69, 9.17) is 0 Å². The van der Waals surface area contributed by atoms with E-state index in [1.807, 2.05) is 84.9 Å². The third-order valence-corrected chi connectivity index (χ3v) is 12.2. The molecule has 10 rings (SSSR count). The predicted molar refractivity (Wildman–Crippen MR) is 258 cm³/mol. The van der Waals surface area contributed by atoms with E-state index >= 15 is 8.78 Å². The van der Waals surface area contributed by atoms with Crippen LogP contribution in [0.5, 0.6) is 0 Å². The number of anilines is 6. The molecule has 302 valence electrons. The number of nitrogens with zero attached hydrogens (tertiary/aromatic N) is 2. The molecule has 0 saturated carbocycles. The van der Waals surface area contributed by atoms with Gasteiger partial charge in [-0.2, -0.15) is 0 Å². The summed E-state index contributed by atoms with van der Waals surface area (Å²) >= 11 is 0. The van der Waals surface area contributed by atoms with Gasteiger partial charge in [-0.05, 0) is 105 Å². The predicted octanol–water partition coefficient (Wildman–Crippen LogP) is 17.0. The van der Waals surface area contributed by atoms with E-state index in [1.165, 1.54) is 21.9 Å². The van der Waals surface area contributed by atoms with Gasteiger partial charge in [0, 0.05) is 21.9 Å². The summed E-state index contributed by atoms with van der Waals surface area (Å²) in [5.74, 6) is -0.605. The van der Waals surface area contributed by atoms with Crippen molar-refractivity contribution in [2.45, 2.75) is 39.5 Å². The summed E-state index contributed by atoms with van der Waals surface area (Å²) in [7, 11) is 0. The summed E-state index contributed by atoms with van der Waals surface area (Å²) < 4.78 is 33.0. The Morgan fingerprint density at radius 3 is 1.06 bits per heavy atom. The van der Waals surface area contributed by atoms with Crippen LogP contribution >= 0.6 is 0 Å². The highest BCUT2D eigenvalue weighted by atomic mass is 19.1. The number of benzene rings is 10. The van der Waals surface area contributed by atoms with Crippen molar-refractivity contribution in [1.82, 2.24) is 0 Å². The summed E-state index contributed by atoms with van der Waals surface area (Å²) in [4.78, 5) is 4.25. The van der Waals surface area contributed by atoms with E-state index in [0.717, 1.165) is 92.2 Å². The summed E-state index contributed by atoms with van der Waals surface area (Å²) in [6.45, 7) is 4.43. The average Bonchev–Trinajstić information content (AvgIpc) is 3.32. The maximum atomic E-state index is 16.5. The highest BCUT2D eigenvalue weighted by Crippen LogP contribution is 2.52. The second-order valence-electron chi connectivity index (χ2n) is 16.0. The van der Waals surface area contributed by atoms with Crippen LogP contribution in [0.15, 0.2) is 194 Å². The van der Waals surface area contributed by atoms with Crippen molar-refractivity contribution in [2.24, 2.45) is 0 Å². The minimum absolute atomic E-state index is 0.303. The molecule has 0 amide bonds. The van der Waals surface area contributed by atoms with Crippen LogP contribution in [0, 0.1) is 11.6 Å². The van der Waals surface area contributed by atoms with Crippen molar-refractivity contribution >= 4 is 66.4 Å². The summed E-state index contributed by atoms with van der Waals surface area (Å²) in [5, 5.41) is 6.65. The van der Waals surface area contributed by atoms with Crippen LogP contribution in [0.25, 0.3) is 54.6 Å². The van der Waals surface area contributed by atoms with Gasteiger partial charge in [0.15, 0.2) is 0 Å². The molecule has 0 fully saturated rings. The van der Waals surface area contributed by atoms with Gasteiger partial charge in [-0.15, -0.1) is 0 Å². The smallest absolute Gasteiger partial charge is 0.147 e. The van der Waals surface area contributed by atoms with Crippen molar-refractivity contribution in [2.75, 3.05) is 9.80 Å². The minimum atomic E-state index is -0.303. The number of aryl methyl sites for hydroxylation is 2. The number of halogens is 2. The van der Waals surface area contributed by atoms with Crippen LogP contribution in [0.4, 0.5) is 42.9 Å². The summed E-state index contributed by atoms with van der Waals surface area (Å²) in [6, 6.07) is 65.0. The maximum absolute atomic E-state index is 16.5. The van der Waals surface area contributed by atoms with Crippen LogP contribution < -0.4 is 9.80 Å². The van der Waals surface area contributed by atoms with E-state index < -0.39 is 0 Å². The number of para-hydroxylation sites is 4. The summed E-state index contributed by atoms with van der Waals surface area (Å²) in [6.07, 6.45) is 3.56. The molecule has 0 spiro atoms. The molecule has 62 heavy (non-hydrogen) atoms. The lowest BCUT2D eigenvalue weighted by Gasteiger charge is -2.32. The molecule has 2 nitrogen and oxygen atoms in total. The van der Waals surface area contributed by atoms with Gasteiger partial charge >= 0.3 is 0 Å². The minimum Gasteiger partial charge on any atom is -0.306 e. The van der Waals surface area contributed by atoms with Crippen molar-refractivity contribution < 1.29 is 8.78 Å². The third kappa shape index (κ3) is 6.73. The molecule has 0 bridgehead atoms. The van der Waals surface area contributed by atoms with Gasteiger partial charge in [-0.1, -0.05) is 172 Å². The Balaban J connectivity index is 1.33.